The minimum atomic E-state index is 0.473. The molecule has 2 aromatic rings. The Morgan fingerprint density at radius 1 is 0.667 bits per heavy atom. The van der Waals surface area contributed by atoms with Gasteiger partial charge in [0.2, 0.25) is 0 Å². The first-order chi connectivity index (χ1) is 8.85. The van der Waals surface area contributed by atoms with Crippen LogP contribution in [0.15, 0.2) is 48.5 Å². The molecule has 0 nitrogen and oxygen atoms in total. The fraction of sp³-hybridized carbons (Fsp3) is 0.143. The molecule has 2 aromatic carbocycles. The molecule has 0 atom stereocenters. The molecule has 18 heavy (non-hydrogen) atoms. The van der Waals surface area contributed by atoms with E-state index in [0.29, 0.717) is 38.0 Å². The van der Waals surface area contributed by atoms with Gasteiger partial charge in [0.05, 0.1) is 0 Å². The van der Waals surface area contributed by atoms with Crippen molar-refractivity contribution in [2.24, 2.45) is 0 Å². The van der Waals surface area contributed by atoms with Gasteiger partial charge in [0.1, 0.15) is 0 Å². The van der Waals surface area contributed by atoms with Crippen LogP contribution in [0.4, 0.5) is 0 Å². The Labute approximate surface area is 129 Å². The van der Waals surface area contributed by atoms with Crippen molar-refractivity contribution in [1.82, 2.24) is 0 Å². The molecular weight excluding hydrogens is 397 g/mol. The maximum atomic E-state index is 5.97. The van der Waals surface area contributed by atoms with Gasteiger partial charge in [-0.2, -0.15) is 0 Å². The molecule has 94 valence electrons. The predicted molar refractivity (Wildman–Crippen MR) is 82.8 cm³/mol. The summed E-state index contributed by atoms with van der Waals surface area (Å²) in [5.74, 6) is 1.20. The Morgan fingerprint density at radius 2 is 1.06 bits per heavy atom. The third-order valence-electron chi connectivity index (χ3n) is 2.45. The Balaban J connectivity index is 2.11. The van der Waals surface area contributed by atoms with E-state index in [1.165, 1.54) is 20.1 Å². The van der Waals surface area contributed by atoms with Gasteiger partial charge in [-0.3, -0.25) is 0 Å². The van der Waals surface area contributed by atoms with Crippen molar-refractivity contribution in [2.45, 2.75) is 11.8 Å². The van der Waals surface area contributed by atoms with Crippen molar-refractivity contribution >= 4 is 58.4 Å². The Bertz CT molecular complexity index is 467. The van der Waals surface area contributed by atoms with E-state index >= 15 is 0 Å². The average Bonchev–Trinajstić information content (AvgIpc) is 2.45. The summed E-state index contributed by atoms with van der Waals surface area (Å²) in [4.78, 5) is 0. The monoisotopic (exact) mass is 410 g/mol. The molecule has 0 saturated heterocycles. The normalized spacial score (nSPS) is 10.6. The molecule has 0 unspecified atom stereocenters. The van der Waals surface area contributed by atoms with Crippen molar-refractivity contribution in [3.63, 3.8) is 0 Å². The van der Waals surface area contributed by atoms with Crippen molar-refractivity contribution in [3.8, 4) is 0 Å². The van der Waals surface area contributed by atoms with Gasteiger partial charge in [0.15, 0.2) is 0 Å². The van der Waals surface area contributed by atoms with Gasteiger partial charge in [0.25, 0.3) is 0 Å². The molecule has 0 aromatic heterocycles. The number of hydrogen-bond donors (Lipinski definition) is 0. The number of rotatable bonds is 5. The fourth-order valence-corrected chi connectivity index (χ4v) is 9.79. The van der Waals surface area contributed by atoms with Crippen LogP contribution in [0.2, 0.25) is 0 Å². The zero-order chi connectivity index (χ0) is 12.8. The van der Waals surface area contributed by atoms with Crippen molar-refractivity contribution in [3.05, 3.63) is 59.7 Å². The summed E-state index contributed by atoms with van der Waals surface area (Å²) in [6.07, 6.45) is 0. The molecule has 0 saturated carbocycles. The van der Waals surface area contributed by atoms with Crippen LogP contribution in [-0.2, 0) is 11.8 Å². The van der Waals surface area contributed by atoms with E-state index in [0.717, 1.165) is 0 Å². The maximum absolute atomic E-state index is 5.97. The third kappa shape index (κ3) is 3.78. The Morgan fingerprint density at radius 3 is 1.44 bits per heavy atom. The zero-order valence-electron chi connectivity index (χ0n) is 9.61. The zero-order valence-corrected chi connectivity index (χ0v) is 14.5. The van der Waals surface area contributed by atoms with Gasteiger partial charge in [-0.15, -0.1) is 0 Å². The van der Waals surface area contributed by atoms with E-state index in [-0.39, 0.29) is 0 Å². The van der Waals surface area contributed by atoms with Crippen molar-refractivity contribution < 1.29 is 0 Å². The van der Waals surface area contributed by atoms with E-state index in [2.05, 4.69) is 48.5 Å². The van der Waals surface area contributed by atoms with E-state index in [4.69, 9.17) is 23.2 Å². The molecule has 0 amide bonds. The third-order valence-corrected chi connectivity index (χ3v) is 10.5. The molecule has 0 N–H and O–H groups in total. The molecular formula is C14H12Cl2Se2. The summed E-state index contributed by atoms with van der Waals surface area (Å²) in [5.41, 5.74) is 2.54. The molecule has 0 aliphatic carbocycles. The second kappa shape index (κ2) is 7.60. The second-order valence-electron chi connectivity index (χ2n) is 3.65. The summed E-state index contributed by atoms with van der Waals surface area (Å²) in [6, 6.07) is 16.9. The first kappa shape index (κ1) is 14.5. The average molecular weight is 409 g/mol. The standard InChI is InChI=1S/C14H12Cl2Se2/c15-9-11-5-1-3-7-13(11)17-18-14-8-4-2-6-12(14)10-16/h1-8H,9-10H2. The van der Waals surface area contributed by atoms with Crippen LogP contribution in [0, 0.1) is 0 Å². The first-order valence-electron chi connectivity index (χ1n) is 5.47. The summed E-state index contributed by atoms with van der Waals surface area (Å²) >= 11 is 12.9. The van der Waals surface area contributed by atoms with Gasteiger partial charge >= 0.3 is 130 Å². The van der Waals surface area contributed by atoms with E-state index in [1.807, 2.05) is 0 Å². The second-order valence-corrected chi connectivity index (χ2v) is 10.4. The summed E-state index contributed by atoms with van der Waals surface area (Å²) in [6.45, 7) is 0. The van der Waals surface area contributed by atoms with Crippen LogP contribution in [0.5, 0.6) is 0 Å². The molecule has 2 rings (SSSR count). The summed E-state index contributed by atoms with van der Waals surface area (Å²) in [7, 11) is 0. The fourth-order valence-electron chi connectivity index (χ4n) is 1.48. The Kier molecular flexibility index (Phi) is 6.11. The molecule has 0 radical (unpaired) electrons. The van der Waals surface area contributed by atoms with Crippen LogP contribution in [0.1, 0.15) is 11.1 Å². The predicted octanol–water partition coefficient (Wildman–Crippen LogP) is 2.44. The van der Waals surface area contributed by atoms with Gasteiger partial charge in [-0.1, -0.05) is 0 Å². The van der Waals surface area contributed by atoms with Crippen LogP contribution < -0.4 is 8.92 Å². The quantitative estimate of drug-likeness (QED) is 0.526. The molecule has 0 bridgehead atoms. The summed E-state index contributed by atoms with van der Waals surface area (Å²) in [5, 5.41) is 0. The SMILES string of the molecule is ClCc1ccccc1[Se][Se]c1ccccc1CCl. The molecule has 0 aliphatic heterocycles. The van der Waals surface area contributed by atoms with E-state index < -0.39 is 0 Å². The van der Waals surface area contributed by atoms with Crippen molar-refractivity contribution in [2.75, 3.05) is 0 Å². The number of hydrogen-bond acceptors (Lipinski definition) is 0. The van der Waals surface area contributed by atoms with E-state index in [1.54, 1.807) is 0 Å². The Hall–Kier alpha value is 0.0590. The van der Waals surface area contributed by atoms with Gasteiger partial charge in [-0.05, 0) is 0 Å². The number of benzene rings is 2. The van der Waals surface area contributed by atoms with Crippen LogP contribution in [-0.4, -0.2) is 26.3 Å². The van der Waals surface area contributed by atoms with Crippen LogP contribution in [0.3, 0.4) is 0 Å². The van der Waals surface area contributed by atoms with E-state index in [9.17, 15) is 0 Å². The molecule has 0 fully saturated rings. The molecule has 4 heteroatoms. The molecule has 0 aliphatic rings. The number of halogens is 2. The molecule has 0 heterocycles. The summed E-state index contributed by atoms with van der Waals surface area (Å²) < 4.78 is 2.84. The molecule has 0 spiro atoms. The first-order valence-corrected chi connectivity index (χ1v) is 12.6. The topological polar surface area (TPSA) is 0 Å². The number of alkyl halides is 2. The van der Waals surface area contributed by atoms with Crippen LogP contribution in [0.25, 0.3) is 0 Å². The van der Waals surface area contributed by atoms with Gasteiger partial charge in [-0.25, -0.2) is 0 Å². The van der Waals surface area contributed by atoms with Gasteiger partial charge < -0.3 is 0 Å². The minimum absolute atomic E-state index is 0.473. The van der Waals surface area contributed by atoms with Gasteiger partial charge in [0, 0.05) is 0 Å². The van der Waals surface area contributed by atoms with Crippen molar-refractivity contribution in [1.29, 1.82) is 0 Å². The van der Waals surface area contributed by atoms with Crippen LogP contribution >= 0.6 is 23.2 Å².